The number of benzene rings is 2. The molecule has 0 saturated heterocycles. The minimum absolute atomic E-state index is 0.0536. The van der Waals surface area contributed by atoms with E-state index in [1.54, 1.807) is 39.3 Å². The lowest BCUT2D eigenvalue weighted by atomic mass is 10.1. The van der Waals surface area contributed by atoms with Gasteiger partial charge in [-0.15, -0.1) is 22.7 Å². The molecule has 2 aromatic carbocycles. The molecule has 0 fully saturated rings. The van der Waals surface area contributed by atoms with Crippen LogP contribution in [0.25, 0.3) is 20.2 Å². The number of esters is 1. The van der Waals surface area contributed by atoms with Crippen molar-refractivity contribution in [3.05, 3.63) is 46.2 Å². The molecule has 1 N–H and O–H groups in total. The van der Waals surface area contributed by atoms with Crippen molar-refractivity contribution in [2.75, 3.05) is 47.6 Å². The molecule has 11 nitrogen and oxygen atoms in total. The van der Waals surface area contributed by atoms with Gasteiger partial charge in [0.05, 0.1) is 56.6 Å². The maximum atomic E-state index is 12.9. The Kier molecular flexibility index (Phi) is 11.6. The van der Waals surface area contributed by atoms with Crippen LogP contribution >= 0.6 is 22.7 Å². The molecular weight excluding hydrogens is 622 g/mol. The minimum atomic E-state index is -1.01. The summed E-state index contributed by atoms with van der Waals surface area (Å²) in [7, 11) is 4.74. The zero-order valence-electron chi connectivity index (χ0n) is 25.5. The molecule has 0 unspecified atom stereocenters. The van der Waals surface area contributed by atoms with Crippen LogP contribution in [0, 0.1) is 0 Å². The molecule has 0 aliphatic heterocycles. The number of hydrogen-bond donors (Lipinski definition) is 1. The van der Waals surface area contributed by atoms with Gasteiger partial charge in [-0.05, 0) is 42.0 Å². The molecule has 0 spiro atoms. The van der Waals surface area contributed by atoms with Crippen LogP contribution in [0.1, 0.15) is 52.0 Å². The summed E-state index contributed by atoms with van der Waals surface area (Å²) < 4.78 is 29.7. The summed E-state index contributed by atoms with van der Waals surface area (Å²) >= 11 is 2.63. The van der Waals surface area contributed by atoms with Gasteiger partial charge in [-0.3, -0.25) is 19.2 Å². The van der Waals surface area contributed by atoms with Gasteiger partial charge in [-0.2, -0.15) is 0 Å². The van der Waals surface area contributed by atoms with Gasteiger partial charge in [0.1, 0.15) is 0 Å². The van der Waals surface area contributed by atoms with Gasteiger partial charge in [0, 0.05) is 48.0 Å². The molecule has 0 radical (unpaired) electrons. The maximum absolute atomic E-state index is 12.9. The van der Waals surface area contributed by atoms with E-state index in [0.717, 1.165) is 20.2 Å². The Balaban J connectivity index is 1.35. The quantitative estimate of drug-likeness (QED) is 0.0811. The number of thiophene rings is 2. The van der Waals surface area contributed by atoms with Crippen molar-refractivity contribution in [3.8, 4) is 23.0 Å². The Bertz CT molecular complexity index is 1690. The number of carboxylic acids is 1. The molecule has 2 heterocycles. The average molecular weight is 658 g/mol. The van der Waals surface area contributed by atoms with Crippen LogP contribution in [0.5, 0.6) is 23.0 Å². The van der Waals surface area contributed by atoms with Crippen molar-refractivity contribution in [2.45, 2.75) is 32.6 Å². The Hall–Kier alpha value is -4.36. The normalized spacial score (nSPS) is 10.9. The average Bonchev–Trinajstić information content (AvgIpc) is 3.64. The highest BCUT2D eigenvalue weighted by Crippen LogP contribution is 2.38. The molecule has 13 heteroatoms. The van der Waals surface area contributed by atoms with Gasteiger partial charge < -0.3 is 33.7 Å². The summed E-state index contributed by atoms with van der Waals surface area (Å²) in [5.41, 5.74) is 0. The van der Waals surface area contributed by atoms with E-state index in [2.05, 4.69) is 0 Å². The molecular formula is C32H35NO10S2. The van der Waals surface area contributed by atoms with E-state index in [4.69, 9.17) is 28.8 Å². The molecule has 0 atom stereocenters. The minimum Gasteiger partial charge on any atom is -0.493 e. The second-order valence-electron chi connectivity index (χ2n) is 9.95. The van der Waals surface area contributed by atoms with Crippen molar-refractivity contribution >= 4 is 66.5 Å². The summed E-state index contributed by atoms with van der Waals surface area (Å²) in [6, 6.07) is 10.8. The van der Waals surface area contributed by atoms with E-state index in [0.29, 0.717) is 59.0 Å². The Morgan fingerprint density at radius 1 is 0.756 bits per heavy atom. The number of methoxy groups -OCH3 is 2. The second kappa shape index (κ2) is 15.6. The number of fused-ring (bicyclic) bond motifs is 2. The number of hydrogen-bond acceptors (Lipinski definition) is 11. The Morgan fingerprint density at radius 2 is 1.31 bits per heavy atom. The number of nitrogens with zero attached hydrogens (tertiary/aromatic N) is 1. The first-order chi connectivity index (χ1) is 21.6. The third-order valence-electron chi connectivity index (χ3n) is 6.76. The standard InChI is InChI=1S/C32H35NO10S2/c1-5-41-31(37)9-10-33(2)32(38)29-16-20-14-24(23(40-4)17-26(20)45-29)42-11-6-12-43-25-18-27-19(13-22(25)39-3)15-28(44-27)21(34)7-8-30(35)36/h13-18H,5-12H2,1-4H3,(H,35,36). The zero-order valence-corrected chi connectivity index (χ0v) is 27.1. The highest BCUT2D eigenvalue weighted by Gasteiger charge is 2.19. The number of amides is 1. The van der Waals surface area contributed by atoms with Crippen LogP contribution in [0.15, 0.2) is 36.4 Å². The van der Waals surface area contributed by atoms with Crippen LogP contribution in [0.4, 0.5) is 0 Å². The third-order valence-corrected chi connectivity index (χ3v) is 8.99. The second-order valence-corrected chi connectivity index (χ2v) is 12.1. The van der Waals surface area contributed by atoms with Crippen LogP contribution in [0.2, 0.25) is 0 Å². The van der Waals surface area contributed by atoms with Crippen LogP contribution < -0.4 is 18.9 Å². The van der Waals surface area contributed by atoms with Crippen LogP contribution in [-0.4, -0.2) is 81.3 Å². The first-order valence-electron chi connectivity index (χ1n) is 14.3. The molecule has 0 aliphatic carbocycles. The van der Waals surface area contributed by atoms with Crippen LogP contribution in [-0.2, 0) is 14.3 Å². The third kappa shape index (κ3) is 8.64. The van der Waals surface area contributed by atoms with E-state index < -0.39 is 5.97 Å². The summed E-state index contributed by atoms with van der Waals surface area (Å²) in [6.45, 7) is 2.97. The molecule has 0 bridgehead atoms. The van der Waals surface area contributed by atoms with Gasteiger partial charge in [-0.1, -0.05) is 0 Å². The number of carbonyl (C=O) groups is 4. The summed E-state index contributed by atoms with van der Waals surface area (Å²) in [5.74, 6) is 0.376. The number of carboxylic acid groups (broad SMARTS) is 1. The molecule has 4 rings (SSSR count). The van der Waals surface area contributed by atoms with E-state index in [-0.39, 0.29) is 43.5 Å². The van der Waals surface area contributed by atoms with Gasteiger partial charge in [-0.25, -0.2) is 0 Å². The predicted molar refractivity (Wildman–Crippen MR) is 172 cm³/mol. The van der Waals surface area contributed by atoms with Crippen molar-refractivity contribution < 1.29 is 48.0 Å². The number of Topliss-reactive ketones (excluding diaryl/α,β-unsaturated/α-hetero) is 1. The first kappa shape index (κ1) is 33.5. The molecule has 45 heavy (non-hydrogen) atoms. The van der Waals surface area contributed by atoms with Crippen LogP contribution in [0.3, 0.4) is 0 Å². The Morgan fingerprint density at radius 3 is 1.93 bits per heavy atom. The van der Waals surface area contributed by atoms with E-state index in [9.17, 15) is 19.2 Å². The van der Waals surface area contributed by atoms with E-state index in [1.807, 2.05) is 18.2 Å². The number of carbonyl (C=O) groups excluding carboxylic acids is 3. The lowest BCUT2D eigenvalue weighted by Gasteiger charge is -2.15. The number of aliphatic carboxylic acids is 1. The highest BCUT2D eigenvalue weighted by molar-refractivity contribution is 7.21. The lowest BCUT2D eigenvalue weighted by Crippen LogP contribution is -2.28. The largest absolute Gasteiger partial charge is 0.493 e. The maximum Gasteiger partial charge on any atom is 0.307 e. The van der Waals surface area contributed by atoms with Crippen molar-refractivity contribution in [1.82, 2.24) is 4.90 Å². The smallest absolute Gasteiger partial charge is 0.307 e. The SMILES string of the molecule is CCOC(=O)CCN(C)C(=O)c1cc2cc(OCCCOc3cc4sc(C(=O)CCC(=O)O)cc4cc3OC)c(OC)cc2s1. The Labute approximate surface area is 268 Å². The summed E-state index contributed by atoms with van der Waals surface area (Å²) in [4.78, 5) is 50.4. The zero-order chi connectivity index (χ0) is 32.5. The highest BCUT2D eigenvalue weighted by atomic mass is 32.1. The fourth-order valence-electron chi connectivity index (χ4n) is 4.43. The summed E-state index contributed by atoms with van der Waals surface area (Å²) in [5, 5.41) is 10.5. The molecule has 240 valence electrons. The fraction of sp³-hybridized carbons (Fsp3) is 0.375. The molecule has 0 saturated carbocycles. The number of ether oxygens (including phenoxy) is 5. The molecule has 1 amide bonds. The molecule has 4 aromatic rings. The summed E-state index contributed by atoms with van der Waals surface area (Å²) in [6.07, 6.45) is 0.411. The van der Waals surface area contributed by atoms with Gasteiger partial charge >= 0.3 is 11.9 Å². The van der Waals surface area contributed by atoms with Crippen molar-refractivity contribution in [1.29, 1.82) is 0 Å². The number of rotatable bonds is 17. The lowest BCUT2D eigenvalue weighted by molar-refractivity contribution is -0.143. The van der Waals surface area contributed by atoms with E-state index in [1.165, 1.54) is 34.7 Å². The van der Waals surface area contributed by atoms with Crippen molar-refractivity contribution in [3.63, 3.8) is 0 Å². The molecule has 2 aromatic heterocycles. The van der Waals surface area contributed by atoms with Gasteiger partial charge in [0.15, 0.2) is 28.8 Å². The monoisotopic (exact) mass is 657 g/mol. The molecule has 0 aliphatic rings. The number of ketones is 1. The van der Waals surface area contributed by atoms with Crippen molar-refractivity contribution in [2.24, 2.45) is 0 Å². The predicted octanol–water partition coefficient (Wildman–Crippen LogP) is 6.05. The van der Waals surface area contributed by atoms with Gasteiger partial charge in [0.25, 0.3) is 5.91 Å². The topological polar surface area (TPSA) is 138 Å². The van der Waals surface area contributed by atoms with Gasteiger partial charge in [0.2, 0.25) is 0 Å². The van der Waals surface area contributed by atoms with E-state index >= 15 is 0 Å². The fourth-order valence-corrected chi connectivity index (χ4v) is 6.54. The first-order valence-corrected chi connectivity index (χ1v) is 15.9.